The van der Waals surface area contributed by atoms with Crippen LogP contribution >= 0.6 is 0 Å². The van der Waals surface area contributed by atoms with Crippen LogP contribution in [0.2, 0.25) is 0 Å². The van der Waals surface area contributed by atoms with E-state index in [-0.39, 0.29) is 18.2 Å². The zero-order valence-electron chi connectivity index (χ0n) is 8.73. The van der Waals surface area contributed by atoms with E-state index in [0.717, 1.165) is 0 Å². The van der Waals surface area contributed by atoms with Gasteiger partial charge in [0.25, 0.3) is 0 Å². The Bertz CT molecular complexity index is 354. The largest absolute Gasteiger partial charge is 0.355 e. The Morgan fingerprint density at radius 1 is 1.47 bits per heavy atom. The molecule has 0 saturated carbocycles. The van der Waals surface area contributed by atoms with Gasteiger partial charge in [-0.2, -0.15) is 5.26 Å². The third kappa shape index (κ3) is 3.82. The van der Waals surface area contributed by atoms with E-state index < -0.39 is 0 Å². The highest BCUT2D eigenvalue weighted by atomic mass is 16.1. The van der Waals surface area contributed by atoms with Crippen molar-refractivity contribution < 1.29 is 4.79 Å². The number of carbonyl (C=O) groups is 1. The molecule has 0 spiro atoms. The van der Waals surface area contributed by atoms with E-state index in [1.165, 1.54) is 5.56 Å². The normalized spacial score (nSPS) is 11.5. The Kier molecular flexibility index (Phi) is 4.36. The second kappa shape index (κ2) is 5.82. The maximum Gasteiger partial charge on any atom is 0.234 e. The second-order valence-corrected chi connectivity index (χ2v) is 3.45. The second-order valence-electron chi connectivity index (χ2n) is 3.45. The third-order valence-electron chi connectivity index (χ3n) is 2.21. The molecule has 1 rings (SSSR count). The Morgan fingerprint density at radius 3 is 2.73 bits per heavy atom. The molecule has 0 fully saturated rings. The molecule has 1 N–H and O–H groups in total. The fourth-order valence-corrected chi connectivity index (χ4v) is 1.30. The summed E-state index contributed by atoms with van der Waals surface area (Å²) >= 11 is 0. The first-order valence-corrected chi connectivity index (χ1v) is 4.92. The van der Waals surface area contributed by atoms with Gasteiger partial charge in [0, 0.05) is 6.54 Å². The van der Waals surface area contributed by atoms with Crippen molar-refractivity contribution in [3.8, 4) is 6.07 Å². The summed E-state index contributed by atoms with van der Waals surface area (Å²) in [7, 11) is 0. The lowest BCUT2D eigenvalue weighted by molar-refractivity contribution is -0.120. The van der Waals surface area contributed by atoms with Crippen LogP contribution in [-0.2, 0) is 4.79 Å². The van der Waals surface area contributed by atoms with Gasteiger partial charge < -0.3 is 5.32 Å². The van der Waals surface area contributed by atoms with E-state index in [2.05, 4.69) is 5.32 Å². The average Bonchev–Trinajstić information content (AvgIpc) is 2.27. The van der Waals surface area contributed by atoms with Crippen LogP contribution in [0, 0.1) is 11.3 Å². The number of carbonyl (C=O) groups excluding carboxylic acids is 1. The maximum atomic E-state index is 11.0. The van der Waals surface area contributed by atoms with Crippen LogP contribution in [0.1, 0.15) is 24.8 Å². The standard InChI is InChI=1S/C12H14N2O/c1-10(9-14-12(15)7-8-13)11-5-3-2-4-6-11/h2-6,10H,7,9H2,1H3,(H,14,15)/t10-/m0/s1. The first-order valence-electron chi connectivity index (χ1n) is 4.92. The molecule has 15 heavy (non-hydrogen) atoms. The molecule has 78 valence electrons. The zero-order valence-corrected chi connectivity index (χ0v) is 8.73. The van der Waals surface area contributed by atoms with E-state index in [1.807, 2.05) is 43.3 Å². The fourth-order valence-electron chi connectivity index (χ4n) is 1.30. The molecular formula is C12H14N2O. The molecule has 0 aromatic heterocycles. The summed E-state index contributed by atoms with van der Waals surface area (Å²) in [5.74, 6) is 0.0640. The van der Waals surface area contributed by atoms with E-state index in [9.17, 15) is 4.79 Å². The minimum Gasteiger partial charge on any atom is -0.355 e. The Balaban J connectivity index is 2.41. The van der Waals surface area contributed by atoms with Gasteiger partial charge in [-0.3, -0.25) is 4.79 Å². The zero-order chi connectivity index (χ0) is 11.1. The van der Waals surface area contributed by atoms with Crippen LogP contribution in [0.4, 0.5) is 0 Å². The topological polar surface area (TPSA) is 52.9 Å². The lowest BCUT2D eigenvalue weighted by Gasteiger charge is -2.11. The van der Waals surface area contributed by atoms with Gasteiger partial charge in [0.05, 0.1) is 6.07 Å². The Labute approximate surface area is 89.7 Å². The van der Waals surface area contributed by atoms with Crippen LogP contribution in [0.3, 0.4) is 0 Å². The molecule has 1 aromatic carbocycles. The Hall–Kier alpha value is -1.82. The molecule has 0 radical (unpaired) electrons. The van der Waals surface area contributed by atoms with Crippen molar-refractivity contribution in [2.45, 2.75) is 19.3 Å². The van der Waals surface area contributed by atoms with Crippen molar-refractivity contribution in [1.82, 2.24) is 5.32 Å². The number of amides is 1. The van der Waals surface area contributed by atoms with Gasteiger partial charge >= 0.3 is 0 Å². The molecule has 0 saturated heterocycles. The van der Waals surface area contributed by atoms with Crippen LogP contribution in [-0.4, -0.2) is 12.5 Å². The van der Waals surface area contributed by atoms with E-state index in [0.29, 0.717) is 6.54 Å². The van der Waals surface area contributed by atoms with Crippen LogP contribution in [0.25, 0.3) is 0 Å². The molecule has 3 nitrogen and oxygen atoms in total. The molecule has 0 aliphatic heterocycles. The molecule has 0 aliphatic carbocycles. The summed E-state index contributed by atoms with van der Waals surface area (Å²) in [5, 5.41) is 11.0. The summed E-state index contributed by atoms with van der Waals surface area (Å²) in [5.41, 5.74) is 1.19. The Morgan fingerprint density at radius 2 is 2.13 bits per heavy atom. The highest BCUT2D eigenvalue weighted by Gasteiger charge is 2.06. The SMILES string of the molecule is C[C@@H](CNC(=O)CC#N)c1ccccc1. The molecule has 0 heterocycles. The number of nitrogens with one attached hydrogen (secondary N) is 1. The maximum absolute atomic E-state index is 11.0. The highest BCUT2D eigenvalue weighted by Crippen LogP contribution is 2.12. The number of nitrogens with zero attached hydrogens (tertiary/aromatic N) is 1. The highest BCUT2D eigenvalue weighted by molar-refractivity contribution is 5.77. The first-order chi connectivity index (χ1) is 7.24. The molecule has 3 heteroatoms. The minimum absolute atomic E-state index is 0.0679. The number of hydrogen-bond acceptors (Lipinski definition) is 2. The molecule has 0 bridgehead atoms. The van der Waals surface area contributed by atoms with E-state index >= 15 is 0 Å². The minimum atomic E-state index is -0.208. The van der Waals surface area contributed by atoms with Gasteiger partial charge in [0.15, 0.2) is 0 Å². The summed E-state index contributed by atoms with van der Waals surface area (Å²) in [6, 6.07) is 11.8. The van der Waals surface area contributed by atoms with Gasteiger partial charge in [0.1, 0.15) is 6.42 Å². The smallest absolute Gasteiger partial charge is 0.234 e. The van der Waals surface area contributed by atoms with Crippen molar-refractivity contribution in [3.63, 3.8) is 0 Å². The molecule has 1 aromatic rings. The summed E-state index contributed by atoms with van der Waals surface area (Å²) in [4.78, 5) is 11.0. The lowest BCUT2D eigenvalue weighted by atomic mass is 10.0. The van der Waals surface area contributed by atoms with Crippen molar-refractivity contribution in [2.24, 2.45) is 0 Å². The summed E-state index contributed by atoms with van der Waals surface area (Å²) < 4.78 is 0. The molecule has 1 atom stereocenters. The van der Waals surface area contributed by atoms with Crippen molar-refractivity contribution in [2.75, 3.05) is 6.54 Å². The van der Waals surface area contributed by atoms with Crippen LogP contribution in [0.5, 0.6) is 0 Å². The number of rotatable bonds is 4. The predicted molar refractivity (Wildman–Crippen MR) is 58.1 cm³/mol. The van der Waals surface area contributed by atoms with Crippen LogP contribution < -0.4 is 5.32 Å². The molecular weight excluding hydrogens is 188 g/mol. The third-order valence-corrected chi connectivity index (χ3v) is 2.21. The number of nitriles is 1. The molecule has 0 aliphatic rings. The average molecular weight is 202 g/mol. The predicted octanol–water partition coefficient (Wildman–Crippen LogP) is 1.82. The van der Waals surface area contributed by atoms with E-state index in [4.69, 9.17) is 5.26 Å². The van der Waals surface area contributed by atoms with Crippen LogP contribution in [0.15, 0.2) is 30.3 Å². The summed E-state index contributed by atoms with van der Waals surface area (Å²) in [6.07, 6.45) is -0.0679. The van der Waals surface area contributed by atoms with Gasteiger partial charge in [-0.25, -0.2) is 0 Å². The van der Waals surface area contributed by atoms with Gasteiger partial charge in [0.2, 0.25) is 5.91 Å². The monoisotopic (exact) mass is 202 g/mol. The van der Waals surface area contributed by atoms with Gasteiger partial charge in [-0.15, -0.1) is 0 Å². The summed E-state index contributed by atoms with van der Waals surface area (Å²) in [6.45, 7) is 2.62. The number of benzene rings is 1. The van der Waals surface area contributed by atoms with Crippen molar-refractivity contribution >= 4 is 5.91 Å². The fraction of sp³-hybridized carbons (Fsp3) is 0.333. The molecule has 0 unspecified atom stereocenters. The first kappa shape index (κ1) is 11.3. The van der Waals surface area contributed by atoms with E-state index in [1.54, 1.807) is 0 Å². The quantitative estimate of drug-likeness (QED) is 0.809. The van der Waals surface area contributed by atoms with Gasteiger partial charge in [-0.1, -0.05) is 37.3 Å². The van der Waals surface area contributed by atoms with Gasteiger partial charge in [-0.05, 0) is 11.5 Å². The lowest BCUT2D eigenvalue weighted by Crippen LogP contribution is -2.26. The molecule has 1 amide bonds. The number of hydrogen-bond donors (Lipinski definition) is 1. The van der Waals surface area contributed by atoms with Crippen molar-refractivity contribution in [1.29, 1.82) is 5.26 Å². The van der Waals surface area contributed by atoms with Crippen molar-refractivity contribution in [3.05, 3.63) is 35.9 Å².